The Hall–Kier alpha value is -2.02. The van der Waals surface area contributed by atoms with Crippen LogP contribution < -0.4 is 0 Å². The van der Waals surface area contributed by atoms with Crippen LogP contribution in [0.4, 0.5) is 4.79 Å². The third-order valence-electron chi connectivity index (χ3n) is 4.51. The molecular formula is C19H26N2O2. The first-order chi connectivity index (χ1) is 10.8. The maximum atomic E-state index is 12.2. The predicted octanol–water partition coefficient (Wildman–Crippen LogP) is 4.18. The van der Waals surface area contributed by atoms with E-state index in [0.717, 1.165) is 12.8 Å². The molecule has 1 aliphatic heterocycles. The first kappa shape index (κ1) is 17.3. The van der Waals surface area contributed by atoms with E-state index in [0.29, 0.717) is 19.5 Å². The zero-order chi connectivity index (χ0) is 17.1. The molecule has 1 amide bonds. The third kappa shape index (κ3) is 4.04. The topological polar surface area (TPSA) is 53.3 Å². The molecule has 23 heavy (non-hydrogen) atoms. The van der Waals surface area contributed by atoms with Crippen molar-refractivity contribution < 1.29 is 9.53 Å². The lowest BCUT2D eigenvalue weighted by atomic mass is 9.69. The molecule has 4 nitrogen and oxygen atoms in total. The smallest absolute Gasteiger partial charge is 0.410 e. The number of amides is 1. The van der Waals surface area contributed by atoms with E-state index in [1.807, 2.05) is 32.9 Å². The maximum absolute atomic E-state index is 12.2. The molecule has 4 heteroatoms. The van der Waals surface area contributed by atoms with Crippen LogP contribution in [0.15, 0.2) is 24.3 Å². The molecule has 124 valence electrons. The van der Waals surface area contributed by atoms with Crippen LogP contribution in [0.1, 0.15) is 51.2 Å². The van der Waals surface area contributed by atoms with Crippen LogP contribution in [0.5, 0.6) is 0 Å². The van der Waals surface area contributed by atoms with Crippen molar-refractivity contribution in [3.63, 3.8) is 0 Å². The molecule has 1 fully saturated rings. The van der Waals surface area contributed by atoms with E-state index in [1.54, 1.807) is 4.90 Å². The molecule has 0 bridgehead atoms. The van der Waals surface area contributed by atoms with Crippen LogP contribution >= 0.6 is 0 Å². The Morgan fingerprint density at radius 2 is 1.91 bits per heavy atom. The van der Waals surface area contributed by atoms with Crippen LogP contribution in [0, 0.1) is 18.3 Å². The molecule has 0 aromatic heterocycles. The van der Waals surface area contributed by atoms with E-state index < -0.39 is 5.60 Å². The summed E-state index contributed by atoms with van der Waals surface area (Å²) in [5.41, 5.74) is 1.83. The minimum absolute atomic E-state index is 0.154. The van der Waals surface area contributed by atoms with Gasteiger partial charge in [-0.3, -0.25) is 0 Å². The van der Waals surface area contributed by atoms with E-state index in [-0.39, 0.29) is 11.5 Å². The van der Waals surface area contributed by atoms with Crippen LogP contribution in [-0.2, 0) is 10.2 Å². The molecule has 0 radical (unpaired) electrons. The molecule has 1 aromatic carbocycles. The first-order valence-corrected chi connectivity index (χ1v) is 8.18. The van der Waals surface area contributed by atoms with Gasteiger partial charge in [-0.15, -0.1) is 0 Å². The summed E-state index contributed by atoms with van der Waals surface area (Å²) in [6, 6.07) is 10.6. The highest BCUT2D eigenvalue weighted by atomic mass is 16.6. The first-order valence-electron chi connectivity index (χ1n) is 8.18. The second-order valence-electron chi connectivity index (χ2n) is 7.40. The van der Waals surface area contributed by atoms with E-state index in [2.05, 4.69) is 25.1 Å². The van der Waals surface area contributed by atoms with E-state index in [9.17, 15) is 10.1 Å². The van der Waals surface area contributed by atoms with E-state index in [4.69, 9.17) is 4.74 Å². The number of piperidine rings is 1. The van der Waals surface area contributed by atoms with Crippen molar-refractivity contribution in [1.29, 1.82) is 5.26 Å². The fraction of sp³-hybridized carbons (Fsp3) is 0.579. The Bertz CT molecular complexity index is 603. The van der Waals surface area contributed by atoms with Crippen LogP contribution in [0.2, 0.25) is 0 Å². The second-order valence-corrected chi connectivity index (χ2v) is 7.40. The summed E-state index contributed by atoms with van der Waals surface area (Å²) in [5.74, 6) is 0. The number of benzene rings is 1. The summed E-state index contributed by atoms with van der Waals surface area (Å²) in [6.45, 7) is 8.98. The van der Waals surface area contributed by atoms with Crippen molar-refractivity contribution in [3.05, 3.63) is 35.4 Å². The molecule has 2 rings (SSSR count). The molecule has 0 aliphatic carbocycles. The summed E-state index contributed by atoms with van der Waals surface area (Å²) < 4.78 is 5.46. The Balaban J connectivity index is 2.14. The number of likely N-dealkylation sites (tertiary alicyclic amines) is 1. The van der Waals surface area contributed by atoms with E-state index in [1.165, 1.54) is 11.1 Å². The van der Waals surface area contributed by atoms with Gasteiger partial charge in [0.25, 0.3) is 0 Å². The minimum Gasteiger partial charge on any atom is -0.444 e. The fourth-order valence-electron chi connectivity index (χ4n) is 3.30. The normalized spacial score (nSPS) is 17.4. The highest BCUT2D eigenvalue weighted by molar-refractivity contribution is 5.68. The zero-order valence-corrected chi connectivity index (χ0v) is 14.6. The lowest BCUT2D eigenvalue weighted by molar-refractivity contribution is 0.0165. The number of hydrogen-bond acceptors (Lipinski definition) is 3. The quantitative estimate of drug-likeness (QED) is 0.823. The summed E-state index contributed by atoms with van der Waals surface area (Å²) >= 11 is 0. The standard InChI is InChI=1S/C19H26N2O2/c1-15-7-5-6-8-16(15)19(9-12-20)10-13-21(14-11-19)17(22)23-18(2,3)4/h5-8H,9-11,13-14H2,1-4H3. The Kier molecular flexibility index (Phi) is 4.99. The van der Waals surface area contributed by atoms with Crippen molar-refractivity contribution in [3.8, 4) is 6.07 Å². The van der Waals surface area contributed by atoms with Crippen molar-refractivity contribution in [2.75, 3.05) is 13.1 Å². The van der Waals surface area contributed by atoms with Gasteiger partial charge < -0.3 is 9.64 Å². The Morgan fingerprint density at radius 3 is 2.43 bits per heavy atom. The van der Waals surface area contributed by atoms with Gasteiger partial charge in [-0.25, -0.2) is 4.79 Å². The van der Waals surface area contributed by atoms with Gasteiger partial charge >= 0.3 is 6.09 Å². The van der Waals surface area contributed by atoms with Gasteiger partial charge in [0.15, 0.2) is 0 Å². The largest absolute Gasteiger partial charge is 0.444 e. The summed E-state index contributed by atoms with van der Waals surface area (Å²) in [7, 11) is 0. The van der Waals surface area contributed by atoms with Crippen LogP contribution in [-0.4, -0.2) is 29.7 Å². The number of aryl methyl sites for hydroxylation is 1. The zero-order valence-electron chi connectivity index (χ0n) is 14.6. The lowest BCUT2D eigenvalue weighted by Crippen LogP contribution is -2.47. The summed E-state index contributed by atoms with van der Waals surface area (Å²) in [4.78, 5) is 14.0. The number of hydrogen-bond donors (Lipinski definition) is 0. The molecule has 1 saturated heterocycles. The SMILES string of the molecule is Cc1ccccc1C1(CC#N)CCN(C(=O)OC(C)(C)C)CC1. The maximum Gasteiger partial charge on any atom is 0.410 e. The van der Waals surface area contributed by atoms with Crippen molar-refractivity contribution in [2.45, 2.75) is 58.0 Å². The Labute approximate surface area is 139 Å². The molecule has 0 spiro atoms. The Morgan fingerprint density at radius 1 is 1.30 bits per heavy atom. The van der Waals surface area contributed by atoms with Crippen LogP contribution in [0.25, 0.3) is 0 Å². The highest BCUT2D eigenvalue weighted by Gasteiger charge is 2.39. The molecule has 1 aliphatic rings. The van der Waals surface area contributed by atoms with Gasteiger partial charge in [-0.05, 0) is 51.7 Å². The van der Waals surface area contributed by atoms with Gasteiger partial charge in [0.1, 0.15) is 5.60 Å². The van der Waals surface area contributed by atoms with Gasteiger partial charge in [0.05, 0.1) is 6.07 Å². The number of nitriles is 1. The average Bonchev–Trinajstić information content (AvgIpc) is 2.47. The predicted molar refractivity (Wildman–Crippen MR) is 90.1 cm³/mol. The van der Waals surface area contributed by atoms with Gasteiger partial charge in [0.2, 0.25) is 0 Å². The monoisotopic (exact) mass is 314 g/mol. The second kappa shape index (κ2) is 6.62. The fourth-order valence-corrected chi connectivity index (χ4v) is 3.30. The molecular weight excluding hydrogens is 288 g/mol. The van der Waals surface area contributed by atoms with Gasteiger partial charge in [0, 0.05) is 24.9 Å². The minimum atomic E-state index is -0.478. The lowest BCUT2D eigenvalue weighted by Gasteiger charge is -2.42. The molecule has 1 heterocycles. The molecule has 1 aromatic rings. The highest BCUT2D eigenvalue weighted by Crippen LogP contribution is 2.40. The summed E-state index contributed by atoms with van der Waals surface area (Å²) in [6.07, 6.45) is 1.82. The van der Waals surface area contributed by atoms with Gasteiger partial charge in [-0.2, -0.15) is 5.26 Å². The van der Waals surface area contributed by atoms with Crippen molar-refractivity contribution >= 4 is 6.09 Å². The molecule has 0 N–H and O–H groups in total. The average molecular weight is 314 g/mol. The van der Waals surface area contributed by atoms with Gasteiger partial charge in [-0.1, -0.05) is 24.3 Å². The molecule has 0 unspecified atom stereocenters. The van der Waals surface area contributed by atoms with E-state index >= 15 is 0 Å². The number of rotatable bonds is 2. The summed E-state index contributed by atoms with van der Waals surface area (Å²) in [5, 5.41) is 9.31. The third-order valence-corrected chi connectivity index (χ3v) is 4.51. The number of carbonyl (C=O) groups is 1. The van der Waals surface area contributed by atoms with Crippen molar-refractivity contribution in [1.82, 2.24) is 4.90 Å². The number of carbonyl (C=O) groups excluding carboxylic acids is 1. The number of ether oxygens (including phenoxy) is 1. The number of nitrogens with zero attached hydrogens (tertiary/aromatic N) is 2. The van der Waals surface area contributed by atoms with Crippen molar-refractivity contribution in [2.24, 2.45) is 0 Å². The van der Waals surface area contributed by atoms with Crippen LogP contribution in [0.3, 0.4) is 0 Å². The molecule has 0 saturated carbocycles. The molecule has 0 atom stereocenters.